The summed E-state index contributed by atoms with van der Waals surface area (Å²) >= 11 is 0. The van der Waals surface area contributed by atoms with Gasteiger partial charge in [0.05, 0.1) is 0 Å². The molecule has 1 aliphatic heterocycles. The molecule has 1 nitrogen and oxygen atoms in total. The van der Waals surface area contributed by atoms with Crippen molar-refractivity contribution < 1.29 is 0 Å². The van der Waals surface area contributed by atoms with Crippen molar-refractivity contribution in [1.29, 1.82) is 0 Å². The first kappa shape index (κ1) is 8.35. The van der Waals surface area contributed by atoms with Crippen molar-refractivity contribution in [3.8, 4) is 0 Å². The van der Waals surface area contributed by atoms with Crippen LogP contribution in [0.25, 0.3) is 0 Å². The number of fused-ring (bicyclic) bond motifs is 1. The zero-order valence-corrected chi connectivity index (χ0v) is 7.12. The van der Waals surface area contributed by atoms with Crippen LogP contribution in [0.15, 0.2) is 0 Å². The van der Waals surface area contributed by atoms with Gasteiger partial charge in [-0.05, 0) is 37.8 Å². The summed E-state index contributed by atoms with van der Waals surface area (Å²) in [6.45, 7) is 2.62. The molecule has 1 saturated heterocycles. The van der Waals surface area contributed by atoms with Gasteiger partial charge in [0, 0.05) is 0 Å². The minimum absolute atomic E-state index is 0. The summed E-state index contributed by atoms with van der Waals surface area (Å²) in [6, 6.07) is 0. The van der Waals surface area contributed by atoms with Crippen molar-refractivity contribution in [3.63, 3.8) is 0 Å². The van der Waals surface area contributed by atoms with Crippen LogP contribution < -0.4 is 5.32 Å². The van der Waals surface area contributed by atoms with E-state index in [1.54, 1.807) is 0 Å². The Balaban J connectivity index is 0.000000500. The summed E-state index contributed by atoms with van der Waals surface area (Å²) in [5.41, 5.74) is 0. The minimum Gasteiger partial charge on any atom is -0.316 e. The lowest BCUT2D eigenvalue weighted by molar-refractivity contribution is 0.299. The molecule has 1 N–H and O–H groups in total. The minimum atomic E-state index is 0. The maximum absolute atomic E-state index is 3.46. The highest BCUT2D eigenvalue weighted by atomic mass is 35.5. The van der Waals surface area contributed by atoms with Crippen molar-refractivity contribution in [2.75, 3.05) is 13.1 Å². The highest BCUT2D eigenvalue weighted by Gasteiger charge is 2.28. The monoisotopic (exact) mass is 161 g/mol. The maximum atomic E-state index is 3.46. The second-order valence-electron chi connectivity index (χ2n) is 3.46. The maximum Gasteiger partial charge on any atom is -0.00173 e. The van der Waals surface area contributed by atoms with Crippen LogP contribution in [0.3, 0.4) is 0 Å². The number of nitrogens with one attached hydrogen (secondary N) is 1. The molecule has 0 aromatic rings. The molecular weight excluding hydrogens is 146 g/mol. The van der Waals surface area contributed by atoms with Gasteiger partial charge in [-0.25, -0.2) is 0 Å². The Bertz CT molecular complexity index is 93.4. The number of hydrogen-bond acceptors (Lipinski definition) is 1. The largest absolute Gasteiger partial charge is 0.316 e. The molecule has 2 atom stereocenters. The van der Waals surface area contributed by atoms with E-state index in [1.165, 1.54) is 38.8 Å². The molecule has 1 heterocycles. The smallest absolute Gasteiger partial charge is 0.00173 e. The normalized spacial score (nSPS) is 38.4. The fourth-order valence-electron chi connectivity index (χ4n) is 2.28. The fraction of sp³-hybridized carbons (Fsp3) is 1.00. The zero-order valence-electron chi connectivity index (χ0n) is 6.31. The van der Waals surface area contributed by atoms with Gasteiger partial charge in [-0.2, -0.15) is 0 Å². The molecule has 60 valence electrons. The second-order valence-corrected chi connectivity index (χ2v) is 3.46. The molecule has 2 fully saturated rings. The van der Waals surface area contributed by atoms with E-state index in [1.807, 2.05) is 0 Å². The van der Waals surface area contributed by atoms with Crippen molar-refractivity contribution in [2.24, 2.45) is 11.8 Å². The van der Waals surface area contributed by atoms with Gasteiger partial charge in [-0.3, -0.25) is 0 Å². The SMILES string of the molecule is C1CC[C@H]2CNC[C@@H]2C1.Cl. The highest BCUT2D eigenvalue weighted by Crippen LogP contribution is 2.31. The van der Waals surface area contributed by atoms with Crippen molar-refractivity contribution in [1.82, 2.24) is 5.32 Å². The van der Waals surface area contributed by atoms with Gasteiger partial charge in [0.1, 0.15) is 0 Å². The Labute approximate surface area is 69.0 Å². The topological polar surface area (TPSA) is 12.0 Å². The molecule has 0 bridgehead atoms. The van der Waals surface area contributed by atoms with Gasteiger partial charge in [0.2, 0.25) is 0 Å². The first-order valence-corrected chi connectivity index (χ1v) is 4.17. The molecule has 1 saturated carbocycles. The molecule has 0 unspecified atom stereocenters. The molecule has 2 heteroatoms. The van der Waals surface area contributed by atoms with Gasteiger partial charge < -0.3 is 5.32 Å². The van der Waals surface area contributed by atoms with Crippen LogP contribution in [0, 0.1) is 11.8 Å². The molecule has 0 spiro atoms. The van der Waals surface area contributed by atoms with Crippen molar-refractivity contribution in [3.05, 3.63) is 0 Å². The Hall–Kier alpha value is 0.250. The van der Waals surface area contributed by atoms with Gasteiger partial charge in [-0.15, -0.1) is 12.4 Å². The van der Waals surface area contributed by atoms with E-state index in [-0.39, 0.29) is 12.4 Å². The standard InChI is InChI=1S/C8H15N.ClH/c1-2-4-8-6-9-5-7(8)3-1;/h7-9H,1-6H2;1H/t7-,8-;/m0./s1. The lowest BCUT2D eigenvalue weighted by atomic mass is 9.82. The number of hydrogen-bond donors (Lipinski definition) is 1. The molecule has 0 aromatic carbocycles. The number of halogens is 1. The number of rotatable bonds is 0. The molecule has 1 aliphatic carbocycles. The zero-order chi connectivity index (χ0) is 6.10. The Morgan fingerprint density at radius 1 is 0.900 bits per heavy atom. The third-order valence-electron chi connectivity index (χ3n) is 2.88. The molecular formula is C8H16ClN. The molecule has 0 radical (unpaired) electrons. The van der Waals surface area contributed by atoms with Gasteiger partial charge in [-0.1, -0.05) is 12.8 Å². The van der Waals surface area contributed by atoms with E-state index in [9.17, 15) is 0 Å². The Morgan fingerprint density at radius 3 is 1.90 bits per heavy atom. The van der Waals surface area contributed by atoms with Crippen LogP contribution in [-0.4, -0.2) is 13.1 Å². The van der Waals surface area contributed by atoms with Crippen molar-refractivity contribution >= 4 is 12.4 Å². The van der Waals surface area contributed by atoms with E-state index < -0.39 is 0 Å². The Kier molecular flexibility index (Phi) is 2.99. The first-order chi connectivity index (χ1) is 4.47. The molecule has 0 aromatic heterocycles. The molecule has 2 aliphatic rings. The fourth-order valence-corrected chi connectivity index (χ4v) is 2.28. The summed E-state index contributed by atoms with van der Waals surface area (Å²) in [6.07, 6.45) is 5.97. The van der Waals surface area contributed by atoms with Crippen LogP contribution in [0.2, 0.25) is 0 Å². The summed E-state index contributed by atoms with van der Waals surface area (Å²) in [5, 5.41) is 3.46. The quantitative estimate of drug-likeness (QED) is 0.572. The summed E-state index contributed by atoms with van der Waals surface area (Å²) in [4.78, 5) is 0. The lowest BCUT2D eigenvalue weighted by Gasteiger charge is -2.23. The van der Waals surface area contributed by atoms with Gasteiger partial charge in [0.15, 0.2) is 0 Å². The van der Waals surface area contributed by atoms with Crippen LogP contribution in [-0.2, 0) is 0 Å². The summed E-state index contributed by atoms with van der Waals surface area (Å²) < 4.78 is 0. The molecule has 10 heavy (non-hydrogen) atoms. The van der Waals surface area contributed by atoms with Crippen LogP contribution in [0.1, 0.15) is 25.7 Å². The lowest BCUT2D eigenvalue weighted by Crippen LogP contribution is -2.16. The highest BCUT2D eigenvalue weighted by molar-refractivity contribution is 5.85. The third kappa shape index (κ3) is 1.46. The van der Waals surface area contributed by atoms with Gasteiger partial charge >= 0.3 is 0 Å². The molecule has 2 rings (SSSR count). The predicted molar refractivity (Wildman–Crippen MR) is 45.6 cm³/mol. The summed E-state index contributed by atoms with van der Waals surface area (Å²) in [7, 11) is 0. The Morgan fingerprint density at radius 2 is 1.40 bits per heavy atom. The van der Waals surface area contributed by atoms with E-state index in [0.717, 1.165) is 11.8 Å². The van der Waals surface area contributed by atoms with E-state index >= 15 is 0 Å². The van der Waals surface area contributed by atoms with E-state index in [0.29, 0.717) is 0 Å². The average molecular weight is 162 g/mol. The van der Waals surface area contributed by atoms with Gasteiger partial charge in [0.25, 0.3) is 0 Å². The molecule has 0 amide bonds. The third-order valence-corrected chi connectivity index (χ3v) is 2.88. The second kappa shape index (κ2) is 3.59. The van der Waals surface area contributed by atoms with Crippen molar-refractivity contribution in [2.45, 2.75) is 25.7 Å². The average Bonchev–Trinajstić information content (AvgIpc) is 2.33. The van der Waals surface area contributed by atoms with E-state index in [2.05, 4.69) is 5.32 Å². The first-order valence-electron chi connectivity index (χ1n) is 4.17. The van der Waals surface area contributed by atoms with Crippen LogP contribution >= 0.6 is 12.4 Å². The summed E-state index contributed by atoms with van der Waals surface area (Å²) in [5.74, 6) is 2.11. The van der Waals surface area contributed by atoms with Crippen LogP contribution in [0.4, 0.5) is 0 Å². The van der Waals surface area contributed by atoms with E-state index in [4.69, 9.17) is 0 Å². The predicted octanol–water partition coefficient (Wildman–Crippen LogP) is 1.82. The van der Waals surface area contributed by atoms with Crippen LogP contribution in [0.5, 0.6) is 0 Å².